The van der Waals surface area contributed by atoms with Gasteiger partial charge >= 0.3 is 0 Å². The highest BCUT2D eigenvalue weighted by atomic mass is 35.5. The topological polar surface area (TPSA) is 107 Å². The van der Waals surface area contributed by atoms with Crippen molar-refractivity contribution in [1.82, 2.24) is 14.9 Å². The van der Waals surface area contributed by atoms with E-state index in [0.29, 0.717) is 50.2 Å². The van der Waals surface area contributed by atoms with Gasteiger partial charge in [-0.05, 0) is 32.3 Å². The molecule has 0 amide bonds. The van der Waals surface area contributed by atoms with Crippen LogP contribution in [0.3, 0.4) is 0 Å². The van der Waals surface area contributed by atoms with E-state index < -0.39 is 6.23 Å². The van der Waals surface area contributed by atoms with Crippen molar-refractivity contribution in [1.29, 1.82) is 0 Å². The van der Waals surface area contributed by atoms with E-state index in [1.807, 2.05) is 33.3 Å². The van der Waals surface area contributed by atoms with E-state index in [2.05, 4.69) is 42.3 Å². The number of ether oxygens (including phenoxy) is 2. The molecule has 0 aliphatic rings. The van der Waals surface area contributed by atoms with Gasteiger partial charge in [-0.15, -0.1) is 0 Å². The summed E-state index contributed by atoms with van der Waals surface area (Å²) in [6.07, 6.45) is 1.90. The molecule has 0 spiro atoms. The van der Waals surface area contributed by atoms with E-state index in [9.17, 15) is 5.11 Å². The van der Waals surface area contributed by atoms with Gasteiger partial charge in [-0.2, -0.15) is 0 Å². The molecule has 0 saturated heterocycles. The number of aliphatic hydroxyl groups excluding tert-OH is 1. The van der Waals surface area contributed by atoms with E-state index in [4.69, 9.17) is 32.7 Å². The number of benzene rings is 2. The third-order valence-corrected chi connectivity index (χ3v) is 6.18. The van der Waals surface area contributed by atoms with Crippen molar-refractivity contribution in [2.45, 2.75) is 6.23 Å². The molecule has 38 heavy (non-hydrogen) atoms. The standard InChI is InChI=1S/C26H33Cl2N7O3/c1-7-26(36)33-19-11-20(23(38-6)13-21(19)35(4)9-8-34(2)3)32-25-14-24(29-15-30-25)31-18-12-22(37-5)17(28)10-16(18)27/h7,10-15,26,33,36H,1,8-9H2,2-6H3,(H2,29,30,31,32). The van der Waals surface area contributed by atoms with Crippen LogP contribution >= 0.6 is 23.2 Å². The molecule has 3 aromatic rings. The molecule has 204 valence electrons. The molecule has 1 unspecified atom stereocenters. The summed E-state index contributed by atoms with van der Waals surface area (Å²) in [5.41, 5.74) is 2.75. The summed E-state index contributed by atoms with van der Waals surface area (Å²) in [6.45, 7) is 5.27. The predicted molar refractivity (Wildman–Crippen MR) is 156 cm³/mol. The number of likely N-dealkylation sites (N-methyl/N-ethyl adjacent to an activating group) is 2. The second-order valence-electron chi connectivity index (χ2n) is 8.62. The normalized spacial score (nSPS) is 11.6. The molecule has 0 aliphatic heterocycles. The third kappa shape index (κ3) is 7.55. The predicted octanol–water partition coefficient (Wildman–Crippen LogP) is 5.20. The van der Waals surface area contributed by atoms with Crippen LogP contribution in [0.4, 0.5) is 34.4 Å². The molecule has 3 rings (SSSR count). The number of halogens is 2. The minimum atomic E-state index is -0.937. The first-order valence-corrected chi connectivity index (χ1v) is 12.4. The summed E-state index contributed by atoms with van der Waals surface area (Å²) in [7, 11) is 9.14. The SMILES string of the molecule is C=CC(O)Nc1cc(Nc2cc(Nc3cc(OC)c(Cl)cc3Cl)ncn2)c(OC)cc1N(C)CCN(C)C. The van der Waals surface area contributed by atoms with Crippen molar-refractivity contribution in [3.63, 3.8) is 0 Å². The Morgan fingerprint density at radius 2 is 1.55 bits per heavy atom. The molecular formula is C26H33Cl2N7O3. The molecule has 0 aliphatic carbocycles. The zero-order chi connectivity index (χ0) is 27.8. The van der Waals surface area contributed by atoms with Gasteiger partial charge in [-0.1, -0.05) is 29.8 Å². The quantitative estimate of drug-likeness (QED) is 0.164. The van der Waals surface area contributed by atoms with Crippen molar-refractivity contribution in [2.24, 2.45) is 0 Å². The Kier molecular flexibility index (Phi) is 10.3. The van der Waals surface area contributed by atoms with Crippen molar-refractivity contribution in [2.75, 3.05) is 69.3 Å². The second kappa shape index (κ2) is 13.4. The van der Waals surface area contributed by atoms with Crippen molar-refractivity contribution < 1.29 is 14.6 Å². The first kappa shape index (κ1) is 29.1. The number of methoxy groups -OCH3 is 2. The largest absolute Gasteiger partial charge is 0.495 e. The van der Waals surface area contributed by atoms with Crippen LogP contribution < -0.4 is 30.3 Å². The maximum absolute atomic E-state index is 10.2. The summed E-state index contributed by atoms with van der Waals surface area (Å²) in [4.78, 5) is 12.8. The molecule has 2 aromatic carbocycles. The van der Waals surface area contributed by atoms with Gasteiger partial charge in [0.15, 0.2) is 0 Å². The van der Waals surface area contributed by atoms with Crippen LogP contribution in [0.5, 0.6) is 11.5 Å². The van der Waals surface area contributed by atoms with E-state index in [-0.39, 0.29) is 0 Å². The number of nitrogens with zero attached hydrogens (tertiary/aromatic N) is 4. The second-order valence-corrected chi connectivity index (χ2v) is 9.44. The molecule has 0 fully saturated rings. The Morgan fingerprint density at radius 1 is 0.895 bits per heavy atom. The molecule has 1 atom stereocenters. The summed E-state index contributed by atoms with van der Waals surface area (Å²) < 4.78 is 11.0. The van der Waals surface area contributed by atoms with Gasteiger partial charge in [0.25, 0.3) is 0 Å². The Balaban J connectivity index is 1.92. The van der Waals surface area contributed by atoms with Crippen molar-refractivity contribution in [3.8, 4) is 11.5 Å². The molecular weight excluding hydrogens is 529 g/mol. The molecule has 1 aromatic heterocycles. The van der Waals surface area contributed by atoms with Crippen LogP contribution in [0.2, 0.25) is 10.0 Å². The number of nitrogens with one attached hydrogen (secondary N) is 3. The zero-order valence-electron chi connectivity index (χ0n) is 22.0. The molecule has 10 nitrogen and oxygen atoms in total. The Labute approximate surface area is 233 Å². The fourth-order valence-electron chi connectivity index (χ4n) is 3.51. The molecule has 0 radical (unpaired) electrons. The first-order valence-electron chi connectivity index (χ1n) is 11.7. The minimum absolute atomic E-state index is 0.405. The molecule has 0 bridgehead atoms. The van der Waals surface area contributed by atoms with Gasteiger partial charge in [0.1, 0.15) is 35.7 Å². The molecule has 1 heterocycles. The van der Waals surface area contributed by atoms with Gasteiger partial charge in [0.05, 0.1) is 47.0 Å². The van der Waals surface area contributed by atoms with Gasteiger partial charge in [0, 0.05) is 38.3 Å². The van der Waals surface area contributed by atoms with Crippen LogP contribution in [0.1, 0.15) is 0 Å². The Bertz CT molecular complexity index is 1260. The Morgan fingerprint density at radius 3 is 2.16 bits per heavy atom. The highest BCUT2D eigenvalue weighted by Gasteiger charge is 2.17. The lowest BCUT2D eigenvalue weighted by molar-refractivity contribution is 0.253. The number of rotatable bonds is 13. The van der Waals surface area contributed by atoms with Crippen molar-refractivity contribution in [3.05, 3.63) is 59.4 Å². The van der Waals surface area contributed by atoms with Crippen LogP contribution in [-0.4, -0.2) is 74.7 Å². The highest BCUT2D eigenvalue weighted by molar-refractivity contribution is 6.37. The maximum atomic E-state index is 10.2. The highest BCUT2D eigenvalue weighted by Crippen LogP contribution is 2.39. The van der Waals surface area contributed by atoms with Crippen molar-refractivity contribution >= 4 is 57.6 Å². The van der Waals surface area contributed by atoms with E-state index in [1.165, 1.54) is 19.5 Å². The average molecular weight is 563 g/mol. The zero-order valence-corrected chi connectivity index (χ0v) is 23.6. The molecule has 12 heteroatoms. The molecule has 0 saturated carbocycles. The van der Waals surface area contributed by atoms with Gasteiger partial charge in [0.2, 0.25) is 0 Å². The number of anilines is 6. The van der Waals surface area contributed by atoms with E-state index in [1.54, 1.807) is 25.3 Å². The van der Waals surface area contributed by atoms with E-state index >= 15 is 0 Å². The van der Waals surface area contributed by atoms with E-state index in [0.717, 1.165) is 18.8 Å². The number of aromatic nitrogens is 2. The maximum Gasteiger partial charge on any atom is 0.144 e. The van der Waals surface area contributed by atoms with Gasteiger partial charge in [-0.25, -0.2) is 9.97 Å². The fourth-order valence-corrected chi connectivity index (χ4v) is 4.01. The van der Waals surface area contributed by atoms with Crippen LogP contribution in [-0.2, 0) is 0 Å². The van der Waals surface area contributed by atoms with Gasteiger partial charge < -0.3 is 40.3 Å². The monoisotopic (exact) mass is 561 g/mol. The third-order valence-electron chi connectivity index (χ3n) is 5.57. The summed E-state index contributed by atoms with van der Waals surface area (Å²) in [5, 5.41) is 20.6. The van der Waals surface area contributed by atoms with Crippen LogP contribution in [0.25, 0.3) is 0 Å². The van der Waals surface area contributed by atoms with Crippen LogP contribution in [0, 0.1) is 0 Å². The first-order chi connectivity index (χ1) is 18.1. The number of hydrogen-bond acceptors (Lipinski definition) is 10. The Hall–Kier alpha value is -3.44. The van der Waals surface area contributed by atoms with Crippen LogP contribution in [0.15, 0.2) is 49.3 Å². The lowest BCUT2D eigenvalue weighted by Crippen LogP contribution is -2.29. The lowest BCUT2D eigenvalue weighted by Gasteiger charge is -2.27. The number of hydrogen-bond donors (Lipinski definition) is 4. The smallest absolute Gasteiger partial charge is 0.144 e. The molecule has 4 N–H and O–H groups in total. The summed E-state index contributed by atoms with van der Waals surface area (Å²) in [5.74, 6) is 2.07. The lowest BCUT2D eigenvalue weighted by atomic mass is 10.2. The minimum Gasteiger partial charge on any atom is -0.495 e. The fraction of sp³-hybridized carbons (Fsp3) is 0.308. The number of aliphatic hydroxyl groups is 1. The summed E-state index contributed by atoms with van der Waals surface area (Å²) in [6, 6.07) is 8.76. The summed E-state index contributed by atoms with van der Waals surface area (Å²) >= 11 is 12.5. The van der Waals surface area contributed by atoms with Gasteiger partial charge in [-0.3, -0.25) is 0 Å². The average Bonchev–Trinajstić information content (AvgIpc) is 2.89.